The Bertz CT molecular complexity index is 211. The third kappa shape index (κ3) is 3.19. The van der Waals surface area contributed by atoms with Crippen molar-refractivity contribution in [2.24, 2.45) is 11.7 Å². The van der Waals surface area contributed by atoms with Crippen LogP contribution in [0.2, 0.25) is 0 Å². The monoisotopic (exact) mass is 225 g/mol. The standard InChI is InChI=1S/C13H27N3/c1-15-8-7-11(9-15)10-16(2)13-5-3-12(14)4-6-13/h11-13H,3-10,14H2,1-2H3. The summed E-state index contributed by atoms with van der Waals surface area (Å²) in [6.45, 7) is 3.86. The number of rotatable bonds is 3. The summed E-state index contributed by atoms with van der Waals surface area (Å²) in [6.07, 6.45) is 6.44. The fourth-order valence-electron chi connectivity index (χ4n) is 3.27. The van der Waals surface area contributed by atoms with Crippen LogP contribution >= 0.6 is 0 Å². The van der Waals surface area contributed by atoms with E-state index in [2.05, 4.69) is 23.9 Å². The molecule has 1 unspecified atom stereocenters. The molecule has 1 saturated carbocycles. The molecule has 0 radical (unpaired) electrons. The first-order chi connectivity index (χ1) is 7.65. The molecule has 0 amide bonds. The maximum atomic E-state index is 5.95. The number of likely N-dealkylation sites (tertiary alicyclic amines) is 1. The highest BCUT2D eigenvalue weighted by molar-refractivity contribution is 4.82. The van der Waals surface area contributed by atoms with Crippen LogP contribution in [0.5, 0.6) is 0 Å². The molecule has 2 fully saturated rings. The van der Waals surface area contributed by atoms with Crippen LogP contribution in [-0.2, 0) is 0 Å². The van der Waals surface area contributed by atoms with Gasteiger partial charge in [-0.25, -0.2) is 0 Å². The van der Waals surface area contributed by atoms with E-state index in [0.717, 1.165) is 12.0 Å². The Morgan fingerprint density at radius 2 is 1.88 bits per heavy atom. The van der Waals surface area contributed by atoms with Crippen molar-refractivity contribution in [1.29, 1.82) is 0 Å². The number of hydrogen-bond acceptors (Lipinski definition) is 3. The lowest BCUT2D eigenvalue weighted by Gasteiger charge is -2.34. The molecule has 0 bridgehead atoms. The predicted molar refractivity (Wildman–Crippen MR) is 68.5 cm³/mol. The highest BCUT2D eigenvalue weighted by Crippen LogP contribution is 2.23. The highest BCUT2D eigenvalue weighted by Gasteiger charge is 2.26. The molecular weight excluding hydrogens is 198 g/mol. The van der Waals surface area contributed by atoms with Gasteiger partial charge in [0.1, 0.15) is 0 Å². The van der Waals surface area contributed by atoms with Gasteiger partial charge in [-0.05, 0) is 58.7 Å². The molecule has 0 aromatic carbocycles. The Labute approximate surface area is 100.0 Å². The first-order valence-corrected chi connectivity index (χ1v) is 6.79. The van der Waals surface area contributed by atoms with Gasteiger partial charge in [-0.15, -0.1) is 0 Å². The van der Waals surface area contributed by atoms with Crippen molar-refractivity contribution in [3.63, 3.8) is 0 Å². The summed E-state index contributed by atoms with van der Waals surface area (Å²) >= 11 is 0. The minimum absolute atomic E-state index is 0.474. The molecule has 0 aromatic rings. The second-order valence-electron chi connectivity index (χ2n) is 5.93. The minimum atomic E-state index is 0.474. The Kier molecular flexibility index (Phi) is 4.22. The molecular formula is C13H27N3. The van der Waals surface area contributed by atoms with Gasteiger partial charge in [-0.1, -0.05) is 0 Å². The lowest BCUT2D eigenvalue weighted by Crippen LogP contribution is -2.41. The second kappa shape index (κ2) is 5.48. The Morgan fingerprint density at radius 3 is 2.44 bits per heavy atom. The molecule has 2 aliphatic rings. The highest BCUT2D eigenvalue weighted by atomic mass is 15.2. The summed E-state index contributed by atoms with van der Waals surface area (Å²) in [7, 11) is 4.54. The van der Waals surface area contributed by atoms with Crippen molar-refractivity contribution >= 4 is 0 Å². The molecule has 1 aliphatic carbocycles. The van der Waals surface area contributed by atoms with Crippen molar-refractivity contribution in [2.45, 2.75) is 44.2 Å². The zero-order chi connectivity index (χ0) is 11.5. The molecule has 16 heavy (non-hydrogen) atoms. The average molecular weight is 225 g/mol. The summed E-state index contributed by atoms with van der Waals surface area (Å²) in [5, 5.41) is 0. The van der Waals surface area contributed by atoms with Gasteiger partial charge in [-0.3, -0.25) is 0 Å². The molecule has 3 nitrogen and oxygen atoms in total. The SMILES string of the molecule is CN1CCC(CN(C)C2CCC(N)CC2)C1. The summed E-state index contributed by atoms with van der Waals surface area (Å²) in [5.41, 5.74) is 5.95. The smallest absolute Gasteiger partial charge is 0.00934 e. The van der Waals surface area contributed by atoms with Crippen molar-refractivity contribution in [3.8, 4) is 0 Å². The van der Waals surface area contributed by atoms with Gasteiger partial charge in [0.15, 0.2) is 0 Å². The zero-order valence-electron chi connectivity index (χ0n) is 10.9. The Hall–Kier alpha value is -0.120. The zero-order valence-corrected chi connectivity index (χ0v) is 10.9. The van der Waals surface area contributed by atoms with Crippen molar-refractivity contribution in [1.82, 2.24) is 9.80 Å². The number of nitrogens with zero attached hydrogens (tertiary/aromatic N) is 2. The van der Waals surface area contributed by atoms with Crippen LogP contribution < -0.4 is 5.73 Å². The van der Waals surface area contributed by atoms with Crippen LogP contribution in [0.1, 0.15) is 32.1 Å². The van der Waals surface area contributed by atoms with Crippen molar-refractivity contribution in [2.75, 3.05) is 33.7 Å². The molecule has 1 aliphatic heterocycles. The van der Waals surface area contributed by atoms with E-state index in [0.29, 0.717) is 6.04 Å². The van der Waals surface area contributed by atoms with E-state index in [1.165, 1.54) is 51.7 Å². The molecule has 2 rings (SSSR count). The van der Waals surface area contributed by atoms with Gasteiger partial charge in [-0.2, -0.15) is 0 Å². The van der Waals surface area contributed by atoms with Crippen LogP contribution in [0, 0.1) is 5.92 Å². The Morgan fingerprint density at radius 1 is 1.19 bits per heavy atom. The first-order valence-electron chi connectivity index (χ1n) is 6.79. The summed E-state index contributed by atoms with van der Waals surface area (Å²) in [6, 6.07) is 1.27. The lowest BCUT2D eigenvalue weighted by atomic mass is 9.90. The summed E-state index contributed by atoms with van der Waals surface area (Å²) in [4.78, 5) is 5.05. The molecule has 2 N–H and O–H groups in total. The maximum absolute atomic E-state index is 5.95. The van der Waals surface area contributed by atoms with E-state index in [-0.39, 0.29) is 0 Å². The molecule has 1 atom stereocenters. The second-order valence-corrected chi connectivity index (χ2v) is 5.93. The van der Waals surface area contributed by atoms with E-state index in [4.69, 9.17) is 5.73 Å². The van der Waals surface area contributed by atoms with Crippen LogP contribution in [0.3, 0.4) is 0 Å². The summed E-state index contributed by atoms with van der Waals surface area (Å²) < 4.78 is 0. The van der Waals surface area contributed by atoms with Gasteiger partial charge in [0, 0.05) is 25.2 Å². The predicted octanol–water partition coefficient (Wildman–Crippen LogP) is 1.14. The summed E-state index contributed by atoms with van der Waals surface area (Å²) in [5.74, 6) is 0.894. The number of nitrogens with two attached hydrogens (primary N) is 1. The van der Waals surface area contributed by atoms with E-state index < -0.39 is 0 Å². The van der Waals surface area contributed by atoms with Gasteiger partial charge in [0.25, 0.3) is 0 Å². The van der Waals surface area contributed by atoms with Crippen molar-refractivity contribution < 1.29 is 0 Å². The van der Waals surface area contributed by atoms with E-state index in [9.17, 15) is 0 Å². The molecule has 1 saturated heterocycles. The van der Waals surface area contributed by atoms with Crippen LogP contribution in [0.15, 0.2) is 0 Å². The normalized spacial score (nSPS) is 37.1. The molecule has 0 spiro atoms. The van der Waals surface area contributed by atoms with E-state index >= 15 is 0 Å². The third-order valence-electron chi connectivity index (χ3n) is 4.40. The first kappa shape index (κ1) is 12.3. The largest absolute Gasteiger partial charge is 0.328 e. The van der Waals surface area contributed by atoms with Gasteiger partial charge in [0.05, 0.1) is 0 Å². The fourth-order valence-corrected chi connectivity index (χ4v) is 3.27. The maximum Gasteiger partial charge on any atom is 0.00934 e. The van der Waals surface area contributed by atoms with Gasteiger partial charge < -0.3 is 15.5 Å². The number of hydrogen-bond donors (Lipinski definition) is 1. The van der Waals surface area contributed by atoms with E-state index in [1.807, 2.05) is 0 Å². The fraction of sp³-hybridized carbons (Fsp3) is 1.00. The van der Waals surface area contributed by atoms with Crippen LogP contribution in [0.4, 0.5) is 0 Å². The molecule has 0 aromatic heterocycles. The van der Waals surface area contributed by atoms with Crippen molar-refractivity contribution in [3.05, 3.63) is 0 Å². The van der Waals surface area contributed by atoms with Crippen LogP contribution in [-0.4, -0.2) is 55.6 Å². The molecule has 1 heterocycles. The third-order valence-corrected chi connectivity index (χ3v) is 4.40. The van der Waals surface area contributed by atoms with Gasteiger partial charge in [0.2, 0.25) is 0 Å². The topological polar surface area (TPSA) is 32.5 Å². The molecule has 94 valence electrons. The quantitative estimate of drug-likeness (QED) is 0.782. The average Bonchev–Trinajstić information content (AvgIpc) is 2.65. The lowest BCUT2D eigenvalue weighted by molar-refractivity contribution is 0.160. The Balaban J connectivity index is 1.73. The van der Waals surface area contributed by atoms with Crippen LogP contribution in [0.25, 0.3) is 0 Å². The minimum Gasteiger partial charge on any atom is -0.328 e. The van der Waals surface area contributed by atoms with E-state index in [1.54, 1.807) is 0 Å². The van der Waals surface area contributed by atoms with Gasteiger partial charge >= 0.3 is 0 Å². The molecule has 3 heteroatoms.